The molecule has 0 bridgehead atoms. The van der Waals surface area contributed by atoms with Gasteiger partial charge in [-0.1, -0.05) is 13.8 Å². The van der Waals surface area contributed by atoms with Crippen LogP contribution in [0.2, 0.25) is 0 Å². The van der Waals surface area contributed by atoms with Gasteiger partial charge in [0, 0.05) is 19.1 Å². The molecule has 0 unspecified atom stereocenters. The molecule has 5 heteroatoms. The Kier molecular flexibility index (Phi) is 2.14. The number of anilines is 1. The number of aromatic amines is 1. The standard InChI is InChI=1S/C11H18N4S/c1-11(2)5-6-14(7-11)9-12-13-10(16)15(9)8-3-4-8/h8H,3-7H2,1-2H3,(H,13,16). The molecule has 0 aromatic carbocycles. The van der Waals surface area contributed by atoms with Crippen molar-refractivity contribution in [3.8, 4) is 0 Å². The monoisotopic (exact) mass is 238 g/mol. The minimum Gasteiger partial charge on any atom is -0.340 e. The van der Waals surface area contributed by atoms with Crippen molar-refractivity contribution in [1.82, 2.24) is 14.8 Å². The summed E-state index contributed by atoms with van der Waals surface area (Å²) < 4.78 is 2.98. The fourth-order valence-electron chi connectivity index (χ4n) is 2.46. The molecular weight excluding hydrogens is 220 g/mol. The zero-order valence-corrected chi connectivity index (χ0v) is 10.7. The number of H-pyrrole nitrogens is 1. The lowest BCUT2D eigenvalue weighted by molar-refractivity contribution is 0.417. The third-order valence-corrected chi connectivity index (χ3v) is 3.85. The van der Waals surface area contributed by atoms with Crippen LogP contribution < -0.4 is 4.90 Å². The summed E-state index contributed by atoms with van der Waals surface area (Å²) in [6, 6.07) is 0.602. The van der Waals surface area contributed by atoms with Gasteiger partial charge in [0.15, 0.2) is 4.77 Å². The summed E-state index contributed by atoms with van der Waals surface area (Å²) >= 11 is 5.30. The molecule has 0 spiro atoms. The number of hydrogen-bond donors (Lipinski definition) is 1. The van der Waals surface area contributed by atoms with Gasteiger partial charge in [-0.25, -0.2) is 5.10 Å². The van der Waals surface area contributed by atoms with Gasteiger partial charge in [0.1, 0.15) is 0 Å². The second-order valence-electron chi connectivity index (χ2n) is 5.77. The lowest BCUT2D eigenvalue weighted by Crippen LogP contribution is -2.25. The maximum atomic E-state index is 5.30. The topological polar surface area (TPSA) is 36.9 Å². The molecule has 2 fully saturated rings. The SMILES string of the molecule is CC1(C)CCN(c2n[nH]c(=S)n2C2CC2)C1. The van der Waals surface area contributed by atoms with Crippen molar-refractivity contribution in [2.75, 3.05) is 18.0 Å². The summed E-state index contributed by atoms with van der Waals surface area (Å²) in [7, 11) is 0. The third kappa shape index (κ3) is 1.67. The van der Waals surface area contributed by atoms with E-state index in [1.54, 1.807) is 0 Å². The molecule has 1 aromatic heterocycles. The van der Waals surface area contributed by atoms with Crippen molar-refractivity contribution < 1.29 is 0 Å². The largest absolute Gasteiger partial charge is 0.340 e. The molecule has 0 atom stereocenters. The van der Waals surface area contributed by atoms with Gasteiger partial charge in [-0.3, -0.25) is 4.57 Å². The average molecular weight is 238 g/mol. The average Bonchev–Trinajstić information content (AvgIpc) is 2.88. The van der Waals surface area contributed by atoms with Gasteiger partial charge < -0.3 is 4.90 Å². The molecule has 3 rings (SSSR count). The van der Waals surface area contributed by atoms with Crippen molar-refractivity contribution in [3.05, 3.63) is 4.77 Å². The Morgan fingerprint density at radius 3 is 2.75 bits per heavy atom. The highest BCUT2D eigenvalue weighted by Crippen LogP contribution is 2.39. The number of hydrogen-bond acceptors (Lipinski definition) is 3. The van der Waals surface area contributed by atoms with Gasteiger partial charge in [-0.15, -0.1) is 5.10 Å². The van der Waals surface area contributed by atoms with Crippen molar-refractivity contribution in [2.45, 2.75) is 39.2 Å². The third-order valence-electron chi connectivity index (χ3n) is 3.56. The van der Waals surface area contributed by atoms with Crippen LogP contribution in [0.25, 0.3) is 0 Å². The Morgan fingerprint density at radius 2 is 2.19 bits per heavy atom. The summed E-state index contributed by atoms with van der Waals surface area (Å²) in [5.41, 5.74) is 0.405. The molecule has 1 aliphatic heterocycles. The van der Waals surface area contributed by atoms with E-state index in [4.69, 9.17) is 12.2 Å². The molecule has 2 aliphatic rings. The van der Waals surface area contributed by atoms with E-state index in [1.165, 1.54) is 19.3 Å². The molecule has 1 N–H and O–H groups in total. The molecule has 4 nitrogen and oxygen atoms in total. The first-order valence-corrected chi connectivity index (χ1v) is 6.39. The van der Waals surface area contributed by atoms with Crippen LogP contribution in [0.5, 0.6) is 0 Å². The Balaban J connectivity index is 1.92. The predicted molar refractivity (Wildman–Crippen MR) is 66.3 cm³/mol. The highest BCUT2D eigenvalue weighted by molar-refractivity contribution is 7.71. The fraction of sp³-hybridized carbons (Fsp3) is 0.818. The normalized spacial score (nSPS) is 24.0. The molecule has 1 saturated carbocycles. The van der Waals surface area contributed by atoms with E-state index in [-0.39, 0.29) is 0 Å². The summed E-state index contributed by atoms with van der Waals surface area (Å²) in [5, 5.41) is 7.33. The molecule has 0 amide bonds. The quantitative estimate of drug-likeness (QED) is 0.804. The van der Waals surface area contributed by atoms with E-state index in [9.17, 15) is 0 Å². The van der Waals surface area contributed by atoms with Crippen LogP contribution in [-0.4, -0.2) is 27.9 Å². The Hall–Kier alpha value is -0.840. The summed E-state index contributed by atoms with van der Waals surface area (Å²) in [6.45, 7) is 6.81. The second-order valence-corrected chi connectivity index (χ2v) is 6.15. The molecule has 16 heavy (non-hydrogen) atoms. The minimum atomic E-state index is 0.405. The van der Waals surface area contributed by atoms with E-state index in [2.05, 4.69) is 33.5 Å². The summed E-state index contributed by atoms with van der Waals surface area (Å²) in [5.74, 6) is 1.05. The summed E-state index contributed by atoms with van der Waals surface area (Å²) in [4.78, 5) is 2.37. The lowest BCUT2D eigenvalue weighted by Gasteiger charge is -2.20. The molecule has 1 saturated heterocycles. The fourth-order valence-corrected chi connectivity index (χ4v) is 2.74. The maximum Gasteiger partial charge on any atom is 0.225 e. The van der Waals surface area contributed by atoms with Crippen LogP contribution in [0.15, 0.2) is 0 Å². The zero-order chi connectivity index (χ0) is 11.3. The van der Waals surface area contributed by atoms with Gasteiger partial charge in [0.05, 0.1) is 0 Å². The van der Waals surface area contributed by atoms with E-state index < -0.39 is 0 Å². The van der Waals surface area contributed by atoms with Crippen LogP contribution in [0.4, 0.5) is 5.95 Å². The Bertz CT molecular complexity index is 455. The van der Waals surface area contributed by atoms with Crippen molar-refractivity contribution in [1.29, 1.82) is 0 Å². The van der Waals surface area contributed by atoms with Gasteiger partial charge in [0.25, 0.3) is 0 Å². The first-order chi connectivity index (χ1) is 7.57. The minimum absolute atomic E-state index is 0.405. The number of aromatic nitrogens is 3. The maximum absolute atomic E-state index is 5.30. The van der Waals surface area contributed by atoms with Crippen molar-refractivity contribution in [3.63, 3.8) is 0 Å². The predicted octanol–water partition coefficient (Wildman–Crippen LogP) is 2.51. The molecule has 2 heterocycles. The van der Waals surface area contributed by atoms with Crippen LogP contribution in [0.3, 0.4) is 0 Å². The molecule has 1 aliphatic carbocycles. The Labute approximate surface area is 101 Å². The van der Waals surface area contributed by atoms with Gasteiger partial charge in [-0.2, -0.15) is 0 Å². The van der Waals surface area contributed by atoms with Crippen LogP contribution in [0.1, 0.15) is 39.2 Å². The van der Waals surface area contributed by atoms with Crippen LogP contribution >= 0.6 is 12.2 Å². The number of nitrogens with zero attached hydrogens (tertiary/aromatic N) is 3. The van der Waals surface area contributed by atoms with Gasteiger partial charge >= 0.3 is 0 Å². The van der Waals surface area contributed by atoms with Gasteiger partial charge in [-0.05, 0) is 36.9 Å². The molecular formula is C11H18N4S. The van der Waals surface area contributed by atoms with Crippen LogP contribution in [0, 0.1) is 10.2 Å². The molecule has 88 valence electrons. The first-order valence-electron chi connectivity index (χ1n) is 5.99. The molecule has 1 aromatic rings. The van der Waals surface area contributed by atoms with Crippen molar-refractivity contribution in [2.24, 2.45) is 5.41 Å². The lowest BCUT2D eigenvalue weighted by atomic mass is 9.93. The van der Waals surface area contributed by atoms with E-state index >= 15 is 0 Å². The van der Waals surface area contributed by atoms with Crippen molar-refractivity contribution >= 4 is 18.2 Å². The smallest absolute Gasteiger partial charge is 0.225 e. The highest BCUT2D eigenvalue weighted by Gasteiger charge is 2.34. The summed E-state index contributed by atoms with van der Waals surface area (Å²) in [6.07, 6.45) is 3.73. The van der Waals surface area contributed by atoms with E-state index in [0.29, 0.717) is 11.5 Å². The zero-order valence-electron chi connectivity index (χ0n) is 9.86. The van der Waals surface area contributed by atoms with E-state index in [1.807, 2.05) is 0 Å². The second kappa shape index (κ2) is 3.32. The van der Waals surface area contributed by atoms with E-state index in [0.717, 1.165) is 23.8 Å². The first kappa shape index (κ1) is 10.3. The number of nitrogens with one attached hydrogen (secondary N) is 1. The number of rotatable bonds is 2. The Morgan fingerprint density at radius 1 is 1.44 bits per heavy atom. The van der Waals surface area contributed by atoms with Crippen LogP contribution in [-0.2, 0) is 0 Å². The highest BCUT2D eigenvalue weighted by atomic mass is 32.1. The van der Waals surface area contributed by atoms with Gasteiger partial charge in [0.2, 0.25) is 5.95 Å². The molecule has 0 radical (unpaired) electrons.